The smallest absolute Gasteiger partial charge is 0.255 e. The number of rotatable bonds is 5. The van der Waals surface area contributed by atoms with Crippen molar-refractivity contribution in [2.45, 2.75) is 5.37 Å². The third-order valence-corrected chi connectivity index (χ3v) is 7.94. The topological polar surface area (TPSA) is 43.9 Å². The van der Waals surface area contributed by atoms with Crippen LogP contribution in [0.15, 0.2) is 42.5 Å². The molecule has 2 fully saturated rings. The number of hydrogen-bond donors (Lipinski definition) is 0. The summed E-state index contributed by atoms with van der Waals surface area (Å²) in [5, 5.41) is 1.44. The van der Waals surface area contributed by atoms with Crippen LogP contribution in [0.5, 0.6) is 0 Å². The van der Waals surface area contributed by atoms with Crippen LogP contribution in [-0.2, 0) is 4.79 Å². The van der Waals surface area contributed by atoms with Gasteiger partial charge in [-0.15, -0.1) is 11.8 Å². The van der Waals surface area contributed by atoms with Crippen molar-refractivity contribution in [3.05, 3.63) is 68.7 Å². The number of amides is 2. The third kappa shape index (κ3) is 5.15. The van der Waals surface area contributed by atoms with E-state index >= 15 is 0 Å². The van der Waals surface area contributed by atoms with Crippen molar-refractivity contribution in [1.82, 2.24) is 14.7 Å². The van der Waals surface area contributed by atoms with Gasteiger partial charge in [-0.3, -0.25) is 14.5 Å². The second-order valence-corrected chi connectivity index (χ2v) is 9.83. The van der Waals surface area contributed by atoms with Crippen molar-refractivity contribution >= 4 is 58.4 Å². The molecule has 9 heteroatoms. The van der Waals surface area contributed by atoms with E-state index in [4.69, 9.17) is 34.8 Å². The summed E-state index contributed by atoms with van der Waals surface area (Å²) in [5.74, 6) is 0.565. The average Bonchev–Trinajstić information content (AvgIpc) is 3.15. The molecule has 164 valence electrons. The van der Waals surface area contributed by atoms with E-state index < -0.39 is 0 Å². The molecule has 0 radical (unpaired) electrons. The Kier molecular flexibility index (Phi) is 7.34. The predicted molar refractivity (Wildman–Crippen MR) is 127 cm³/mol. The van der Waals surface area contributed by atoms with Crippen LogP contribution < -0.4 is 0 Å². The normalized spacial score (nSPS) is 19.8. The standard InChI is InChI=1S/C22H22Cl3N3O2S/c23-17-4-2-1-3-16(17)21(30)27-10-7-26(8-11-27)9-12-28-20(29)14-31-22(28)15-5-6-18(24)19(25)13-15/h1-6,13,22H,7-12,14H2. The molecule has 5 nitrogen and oxygen atoms in total. The van der Waals surface area contributed by atoms with Crippen LogP contribution in [0, 0.1) is 0 Å². The fourth-order valence-electron chi connectivity index (χ4n) is 3.87. The Labute approximate surface area is 201 Å². The number of nitrogens with zero attached hydrogens (tertiary/aromatic N) is 3. The number of hydrogen-bond acceptors (Lipinski definition) is 4. The number of thioether (sulfide) groups is 1. The highest BCUT2D eigenvalue weighted by Crippen LogP contribution is 2.40. The zero-order valence-corrected chi connectivity index (χ0v) is 19.9. The summed E-state index contributed by atoms with van der Waals surface area (Å²) in [5.41, 5.74) is 1.53. The van der Waals surface area contributed by atoms with Gasteiger partial charge in [0.2, 0.25) is 5.91 Å². The van der Waals surface area contributed by atoms with Crippen LogP contribution in [0.1, 0.15) is 21.3 Å². The fraction of sp³-hybridized carbons (Fsp3) is 0.364. The highest BCUT2D eigenvalue weighted by molar-refractivity contribution is 8.00. The number of piperazine rings is 1. The minimum absolute atomic E-state index is 0.0314. The zero-order chi connectivity index (χ0) is 22.0. The van der Waals surface area contributed by atoms with E-state index in [0.29, 0.717) is 46.0 Å². The van der Waals surface area contributed by atoms with E-state index in [1.54, 1.807) is 30.0 Å². The molecule has 2 aliphatic heterocycles. The van der Waals surface area contributed by atoms with Crippen molar-refractivity contribution in [3.63, 3.8) is 0 Å². The van der Waals surface area contributed by atoms with Crippen LogP contribution in [-0.4, -0.2) is 71.5 Å². The highest BCUT2D eigenvalue weighted by atomic mass is 35.5. The molecule has 0 aliphatic carbocycles. The molecule has 0 bridgehead atoms. The Bertz CT molecular complexity index is 982. The number of carbonyl (C=O) groups excluding carboxylic acids is 2. The lowest BCUT2D eigenvalue weighted by molar-refractivity contribution is -0.128. The summed E-state index contributed by atoms with van der Waals surface area (Å²) < 4.78 is 0. The lowest BCUT2D eigenvalue weighted by atomic mass is 10.1. The minimum atomic E-state index is -0.0506. The molecule has 2 saturated heterocycles. The van der Waals surface area contributed by atoms with E-state index in [9.17, 15) is 9.59 Å². The second-order valence-electron chi connectivity index (χ2n) is 7.54. The molecular formula is C22H22Cl3N3O2S. The fourth-order valence-corrected chi connectivity index (χ4v) is 5.60. The second kappa shape index (κ2) is 10.0. The van der Waals surface area contributed by atoms with E-state index in [1.165, 1.54) is 0 Å². The molecule has 1 atom stereocenters. The summed E-state index contributed by atoms with van der Waals surface area (Å²) in [4.78, 5) is 31.2. The molecule has 0 spiro atoms. The maximum atomic E-state index is 12.7. The Morgan fingerprint density at radius 1 is 0.935 bits per heavy atom. The molecule has 1 unspecified atom stereocenters. The molecule has 31 heavy (non-hydrogen) atoms. The summed E-state index contributed by atoms with van der Waals surface area (Å²) in [6.45, 7) is 4.21. The van der Waals surface area contributed by atoms with Crippen molar-refractivity contribution in [1.29, 1.82) is 0 Å². The van der Waals surface area contributed by atoms with Crippen molar-refractivity contribution in [2.75, 3.05) is 45.0 Å². The van der Waals surface area contributed by atoms with Gasteiger partial charge in [0, 0.05) is 39.3 Å². The van der Waals surface area contributed by atoms with E-state index in [2.05, 4.69) is 4.90 Å². The zero-order valence-electron chi connectivity index (χ0n) is 16.8. The van der Waals surface area contributed by atoms with Crippen LogP contribution in [0.3, 0.4) is 0 Å². The predicted octanol–water partition coefficient (Wildman–Crippen LogP) is 4.68. The molecular weight excluding hydrogens is 477 g/mol. The molecule has 0 aromatic heterocycles. The molecule has 2 aromatic carbocycles. The van der Waals surface area contributed by atoms with Gasteiger partial charge in [0.1, 0.15) is 5.37 Å². The first-order valence-corrected chi connectivity index (χ1v) is 12.2. The maximum absolute atomic E-state index is 12.7. The van der Waals surface area contributed by atoms with Crippen molar-refractivity contribution in [2.24, 2.45) is 0 Å². The van der Waals surface area contributed by atoms with Gasteiger partial charge >= 0.3 is 0 Å². The summed E-state index contributed by atoms with van der Waals surface area (Å²) in [7, 11) is 0. The molecule has 4 rings (SSSR count). The van der Waals surface area contributed by atoms with Crippen LogP contribution in [0.2, 0.25) is 15.1 Å². The Morgan fingerprint density at radius 3 is 2.39 bits per heavy atom. The van der Waals surface area contributed by atoms with Gasteiger partial charge < -0.3 is 9.80 Å². The molecule has 2 aliphatic rings. The molecule has 0 N–H and O–H groups in total. The van der Waals surface area contributed by atoms with Crippen LogP contribution >= 0.6 is 46.6 Å². The van der Waals surface area contributed by atoms with Gasteiger partial charge in [0.05, 0.1) is 26.4 Å². The number of halogens is 3. The molecule has 0 saturated carbocycles. The lowest BCUT2D eigenvalue weighted by Gasteiger charge is -2.36. The average molecular weight is 499 g/mol. The van der Waals surface area contributed by atoms with E-state index in [0.717, 1.165) is 25.2 Å². The molecule has 2 amide bonds. The van der Waals surface area contributed by atoms with Gasteiger partial charge in [-0.2, -0.15) is 0 Å². The summed E-state index contributed by atoms with van der Waals surface area (Å²) in [6, 6.07) is 12.7. The maximum Gasteiger partial charge on any atom is 0.255 e. The molecule has 2 aromatic rings. The Balaban J connectivity index is 1.32. The number of benzene rings is 2. The van der Waals surface area contributed by atoms with Gasteiger partial charge in [0.25, 0.3) is 5.91 Å². The third-order valence-electron chi connectivity index (χ3n) is 5.62. The lowest BCUT2D eigenvalue weighted by Crippen LogP contribution is -2.50. The largest absolute Gasteiger partial charge is 0.336 e. The summed E-state index contributed by atoms with van der Waals surface area (Å²) >= 11 is 20.0. The van der Waals surface area contributed by atoms with Crippen LogP contribution in [0.4, 0.5) is 0 Å². The van der Waals surface area contributed by atoms with E-state index in [-0.39, 0.29) is 17.2 Å². The monoisotopic (exact) mass is 497 g/mol. The Morgan fingerprint density at radius 2 is 1.68 bits per heavy atom. The summed E-state index contributed by atoms with van der Waals surface area (Å²) in [6.07, 6.45) is 0. The van der Waals surface area contributed by atoms with E-state index in [1.807, 2.05) is 34.1 Å². The van der Waals surface area contributed by atoms with Crippen molar-refractivity contribution in [3.8, 4) is 0 Å². The minimum Gasteiger partial charge on any atom is -0.336 e. The molecule has 2 heterocycles. The van der Waals surface area contributed by atoms with Crippen LogP contribution in [0.25, 0.3) is 0 Å². The first-order chi connectivity index (χ1) is 14.9. The van der Waals surface area contributed by atoms with Gasteiger partial charge in [-0.05, 0) is 29.8 Å². The quantitative estimate of drug-likeness (QED) is 0.600. The van der Waals surface area contributed by atoms with Gasteiger partial charge in [0.15, 0.2) is 0 Å². The van der Waals surface area contributed by atoms with Gasteiger partial charge in [-0.25, -0.2) is 0 Å². The van der Waals surface area contributed by atoms with Gasteiger partial charge in [-0.1, -0.05) is 53.0 Å². The highest BCUT2D eigenvalue weighted by Gasteiger charge is 2.33. The SMILES string of the molecule is O=C(c1ccccc1Cl)N1CCN(CCN2C(=O)CSC2c2ccc(Cl)c(Cl)c2)CC1. The first-order valence-electron chi connectivity index (χ1n) is 10.1. The number of carbonyl (C=O) groups is 2. The Hall–Kier alpha value is -1.44. The van der Waals surface area contributed by atoms with Crippen molar-refractivity contribution < 1.29 is 9.59 Å². The first kappa shape index (κ1) is 22.7.